The van der Waals surface area contributed by atoms with Gasteiger partial charge in [-0.3, -0.25) is 5.32 Å². The molecule has 1 fully saturated rings. The van der Waals surface area contributed by atoms with Gasteiger partial charge in [-0.05, 0) is 75.6 Å². The molecule has 0 radical (unpaired) electrons. The Morgan fingerprint density at radius 2 is 1.83 bits per heavy atom. The Kier molecular flexibility index (Phi) is 4.33. The molecule has 3 rings (SSSR count). The van der Waals surface area contributed by atoms with Crippen LogP contribution in [0.5, 0.6) is 0 Å². The molecule has 0 saturated heterocycles. The molecule has 2 N–H and O–H groups in total. The van der Waals surface area contributed by atoms with E-state index in [9.17, 15) is 4.79 Å². The smallest absolute Gasteiger partial charge is 0.412 e. The van der Waals surface area contributed by atoms with E-state index in [1.54, 1.807) is 0 Å². The van der Waals surface area contributed by atoms with Crippen LogP contribution in [0.15, 0.2) is 36.4 Å². The highest BCUT2D eigenvalue weighted by Crippen LogP contribution is 2.43. The molecule has 23 heavy (non-hydrogen) atoms. The zero-order chi connectivity index (χ0) is 16.4. The molecule has 3 unspecified atom stereocenters. The lowest BCUT2D eigenvalue weighted by molar-refractivity contribution is 0.0636. The summed E-state index contributed by atoms with van der Waals surface area (Å²) in [6, 6.07) is 7.78. The second kappa shape index (κ2) is 6.26. The number of hydrogen-bond acceptors (Lipinski definition) is 3. The van der Waals surface area contributed by atoms with Crippen LogP contribution in [-0.2, 0) is 4.74 Å². The molecular weight excluding hydrogens is 288 g/mol. The van der Waals surface area contributed by atoms with E-state index in [4.69, 9.17) is 4.74 Å². The quantitative estimate of drug-likeness (QED) is 0.795. The topological polar surface area (TPSA) is 50.4 Å². The van der Waals surface area contributed by atoms with Crippen LogP contribution in [0.3, 0.4) is 0 Å². The summed E-state index contributed by atoms with van der Waals surface area (Å²) in [5.41, 5.74) is 1.35. The highest BCUT2D eigenvalue weighted by molar-refractivity contribution is 5.85. The van der Waals surface area contributed by atoms with Crippen LogP contribution >= 0.6 is 0 Å². The summed E-state index contributed by atoms with van der Waals surface area (Å²) < 4.78 is 5.24. The molecule has 4 nitrogen and oxygen atoms in total. The van der Waals surface area contributed by atoms with Crippen LogP contribution in [0.1, 0.15) is 33.6 Å². The van der Waals surface area contributed by atoms with Gasteiger partial charge in [-0.1, -0.05) is 12.2 Å². The third-order valence-electron chi connectivity index (χ3n) is 4.51. The number of benzene rings is 1. The third kappa shape index (κ3) is 4.27. The third-order valence-corrected chi connectivity index (χ3v) is 4.51. The summed E-state index contributed by atoms with van der Waals surface area (Å²) >= 11 is 0. The predicted octanol–water partition coefficient (Wildman–Crippen LogP) is 4.66. The number of hydrogen-bond donors (Lipinski definition) is 2. The van der Waals surface area contributed by atoms with Crippen LogP contribution in [0.2, 0.25) is 0 Å². The molecule has 1 aromatic carbocycles. The van der Waals surface area contributed by atoms with Gasteiger partial charge < -0.3 is 10.1 Å². The molecule has 124 valence electrons. The standard InChI is InChI=1S/C19H26N2O2/c1-19(2,3)23-18(22)21-17-8-6-16(7-9-17)20-12-15-11-13-4-5-14(15)10-13/h4-9,13-15,20H,10-12H2,1-3H3,(H,21,22). The minimum absolute atomic E-state index is 0.424. The molecule has 2 aliphatic carbocycles. The van der Waals surface area contributed by atoms with Crippen molar-refractivity contribution in [3.8, 4) is 0 Å². The second-order valence-corrected chi connectivity index (χ2v) is 7.63. The largest absolute Gasteiger partial charge is 0.444 e. The van der Waals surface area contributed by atoms with E-state index in [0.717, 1.165) is 35.7 Å². The second-order valence-electron chi connectivity index (χ2n) is 7.63. The van der Waals surface area contributed by atoms with Crippen LogP contribution in [0.4, 0.5) is 16.2 Å². The summed E-state index contributed by atoms with van der Waals surface area (Å²) in [7, 11) is 0. The SMILES string of the molecule is CC(C)(C)OC(=O)Nc1ccc(NCC2CC3C=CC2C3)cc1. The van der Waals surface area contributed by atoms with Gasteiger partial charge in [0.1, 0.15) is 5.60 Å². The van der Waals surface area contributed by atoms with E-state index in [2.05, 4.69) is 22.8 Å². The number of amides is 1. The Balaban J connectivity index is 1.47. The van der Waals surface area contributed by atoms with Crippen molar-refractivity contribution in [2.24, 2.45) is 17.8 Å². The minimum atomic E-state index is -0.485. The number of fused-ring (bicyclic) bond motifs is 2. The zero-order valence-corrected chi connectivity index (χ0v) is 14.1. The van der Waals surface area contributed by atoms with E-state index in [-0.39, 0.29) is 0 Å². The molecule has 2 bridgehead atoms. The van der Waals surface area contributed by atoms with E-state index in [1.807, 2.05) is 45.0 Å². The summed E-state index contributed by atoms with van der Waals surface area (Å²) in [6.07, 6.45) is 6.98. The summed E-state index contributed by atoms with van der Waals surface area (Å²) in [5.74, 6) is 2.33. The average Bonchev–Trinajstić information content (AvgIpc) is 3.07. The van der Waals surface area contributed by atoms with Gasteiger partial charge in [-0.15, -0.1) is 0 Å². The van der Waals surface area contributed by atoms with Crippen molar-refractivity contribution in [2.45, 2.75) is 39.2 Å². The molecule has 1 saturated carbocycles. The minimum Gasteiger partial charge on any atom is -0.444 e. The lowest BCUT2D eigenvalue weighted by atomic mass is 9.93. The van der Waals surface area contributed by atoms with Crippen molar-refractivity contribution in [3.63, 3.8) is 0 Å². The zero-order valence-electron chi connectivity index (χ0n) is 14.1. The first kappa shape index (κ1) is 15.9. The highest BCUT2D eigenvalue weighted by atomic mass is 16.6. The number of carbonyl (C=O) groups excluding carboxylic acids is 1. The fraction of sp³-hybridized carbons (Fsp3) is 0.526. The van der Waals surface area contributed by atoms with Gasteiger partial charge in [0.25, 0.3) is 0 Å². The summed E-state index contributed by atoms with van der Waals surface area (Å²) in [4.78, 5) is 11.7. The average molecular weight is 314 g/mol. The molecule has 0 heterocycles. The molecule has 1 amide bonds. The lowest BCUT2D eigenvalue weighted by Crippen LogP contribution is -2.27. The van der Waals surface area contributed by atoms with Gasteiger partial charge in [0, 0.05) is 17.9 Å². The maximum Gasteiger partial charge on any atom is 0.412 e. The number of ether oxygens (including phenoxy) is 1. The van der Waals surface area contributed by atoms with Crippen LogP contribution in [0, 0.1) is 17.8 Å². The first-order valence-electron chi connectivity index (χ1n) is 8.41. The predicted molar refractivity (Wildman–Crippen MR) is 93.6 cm³/mol. The van der Waals surface area contributed by atoms with Crippen molar-refractivity contribution >= 4 is 17.5 Å². The number of nitrogens with one attached hydrogen (secondary N) is 2. The van der Waals surface area contributed by atoms with Crippen molar-refractivity contribution in [1.29, 1.82) is 0 Å². The van der Waals surface area contributed by atoms with Crippen LogP contribution in [0.25, 0.3) is 0 Å². The van der Waals surface area contributed by atoms with Gasteiger partial charge in [0.05, 0.1) is 0 Å². The Hall–Kier alpha value is -1.97. The number of carbonyl (C=O) groups is 1. The molecule has 0 aromatic heterocycles. The van der Waals surface area contributed by atoms with E-state index < -0.39 is 11.7 Å². The van der Waals surface area contributed by atoms with Gasteiger partial charge in [0.2, 0.25) is 0 Å². The Labute approximate surface area is 138 Å². The van der Waals surface area contributed by atoms with Crippen LogP contribution < -0.4 is 10.6 Å². The number of allylic oxidation sites excluding steroid dienone is 2. The summed E-state index contributed by atoms with van der Waals surface area (Å²) in [6.45, 7) is 6.57. The number of anilines is 2. The molecular formula is C19H26N2O2. The van der Waals surface area contributed by atoms with E-state index in [1.165, 1.54) is 12.8 Å². The van der Waals surface area contributed by atoms with Crippen molar-refractivity contribution < 1.29 is 9.53 Å². The molecule has 0 aliphatic heterocycles. The molecule has 4 heteroatoms. The first-order chi connectivity index (χ1) is 10.9. The fourth-order valence-corrected chi connectivity index (χ4v) is 3.47. The van der Waals surface area contributed by atoms with Gasteiger partial charge >= 0.3 is 6.09 Å². The maximum absolute atomic E-state index is 11.7. The fourth-order valence-electron chi connectivity index (χ4n) is 3.47. The maximum atomic E-state index is 11.7. The van der Waals surface area contributed by atoms with Gasteiger partial charge in [-0.2, -0.15) is 0 Å². The molecule has 1 aromatic rings. The first-order valence-corrected chi connectivity index (χ1v) is 8.41. The monoisotopic (exact) mass is 314 g/mol. The van der Waals surface area contributed by atoms with Crippen molar-refractivity contribution in [3.05, 3.63) is 36.4 Å². The van der Waals surface area contributed by atoms with Crippen molar-refractivity contribution in [1.82, 2.24) is 0 Å². The van der Waals surface area contributed by atoms with E-state index >= 15 is 0 Å². The molecule has 2 aliphatic rings. The van der Waals surface area contributed by atoms with Crippen LogP contribution in [-0.4, -0.2) is 18.2 Å². The summed E-state index contributed by atoms with van der Waals surface area (Å²) in [5, 5.41) is 6.26. The van der Waals surface area contributed by atoms with E-state index in [0.29, 0.717) is 0 Å². The Morgan fingerprint density at radius 3 is 2.39 bits per heavy atom. The molecule has 0 spiro atoms. The molecule has 3 atom stereocenters. The lowest BCUT2D eigenvalue weighted by Gasteiger charge is -2.20. The van der Waals surface area contributed by atoms with Gasteiger partial charge in [0.15, 0.2) is 0 Å². The Bertz CT molecular complexity index is 586. The van der Waals surface area contributed by atoms with Gasteiger partial charge in [-0.25, -0.2) is 4.79 Å². The van der Waals surface area contributed by atoms with Crippen molar-refractivity contribution in [2.75, 3.05) is 17.2 Å². The Morgan fingerprint density at radius 1 is 1.13 bits per heavy atom. The normalized spacial score (nSPS) is 25.4. The highest BCUT2D eigenvalue weighted by Gasteiger charge is 2.35. The number of rotatable bonds is 4.